The molecule has 0 radical (unpaired) electrons. The van der Waals surface area contributed by atoms with Crippen molar-refractivity contribution >= 4 is 6.09 Å². The molecule has 1 rings (SSSR count). The van der Waals surface area contributed by atoms with E-state index >= 15 is 0 Å². The third-order valence-electron chi connectivity index (χ3n) is 4.57. The van der Waals surface area contributed by atoms with Crippen LogP contribution in [0.15, 0.2) is 0 Å². The van der Waals surface area contributed by atoms with Gasteiger partial charge in [0.25, 0.3) is 0 Å². The van der Waals surface area contributed by atoms with Crippen molar-refractivity contribution in [1.29, 1.82) is 5.26 Å². The van der Waals surface area contributed by atoms with Crippen molar-refractivity contribution in [3.05, 3.63) is 0 Å². The molecule has 1 fully saturated rings. The summed E-state index contributed by atoms with van der Waals surface area (Å²) in [6, 6.07) is 2.59. The Labute approximate surface area is 147 Å². The first kappa shape index (κ1) is 20.8. The molecule has 0 spiro atoms. The van der Waals surface area contributed by atoms with Gasteiger partial charge in [0.15, 0.2) is 0 Å². The summed E-state index contributed by atoms with van der Waals surface area (Å²) in [5.41, 5.74) is -0.509. The minimum Gasteiger partial charge on any atom is -0.444 e. The van der Waals surface area contributed by atoms with E-state index in [0.29, 0.717) is 18.5 Å². The lowest BCUT2D eigenvalue weighted by molar-refractivity contribution is 0.0511. The first-order valence-electron chi connectivity index (χ1n) is 9.35. The number of carbonyl (C=O) groups is 1. The van der Waals surface area contributed by atoms with Gasteiger partial charge in [0.1, 0.15) is 11.6 Å². The Bertz CT molecular complexity index is 415. The van der Waals surface area contributed by atoms with Crippen molar-refractivity contribution in [2.24, 2.45) is 11.8 Å². The molecule has 2 N–H and O–H groups in total. The summed E-state index contributed by atoms with van der Waals surface area (Å²) in [6.45, 7) is 10.2. The molecule has 1 aliphatic carbocycles. The van der Waals surface area contributed by atoms with Crippen molar-refractivity contribution in [3.8, 4) is 6.07 Å². The van der Waals surface area contributed by atoms with Gasteiger partial charge in [-0.3, -0.25) is 5.32 Å². The average Bonchev–Trinajstić information content (AvgIpc) is 2.72. The number of nitrogens with zero attached hydrogens (tertiary/aromatic N) is 1. The van der Waals surface area contributed by atoms with Crippen molar-refractivity contribution in [2.75, 3.05) is 6.54 Å². The number of hydrogen-bond donors (Lipinski definition) is 2. The van der Waals surface area contributed by atoms with Gasteiger partial charge in [0.05, 0.1) is 6.07 Å². The summed E-state index contributed by atoms with van der Waals surface area (Å²) in [5, 5.41) is 16.0. The fourth-order valence-electron chi connectivity index (χ4n) is 3.21. The minimum absolute atomic E-state index is 0.0609. The van der Waals surface area contributed by atoms with E-state index in [4.69, 9.17) is 4.74 Å². The molecule has 138 valence electrons. The summed E-state index contributed by atoms with van der Waals surface area (Å²) < 4.78 is 5.29. The second-order valence-corrected chi connectivity index (χ2v) is 8.25. The van der Waals surface area contributed by atoms with Gasteiger partial charge >= 0.3 is 6.09 Å². The smallest absolute Gasteiger partial charge is 0.407 e. The third-order valence-corrected chi connectivity index (χ3v) is 4.57. The van der Waals surface area contributed by atoms with Crippen LogP contribution in [0, 0.1) is 23.2 Å². The molecule has 0 heterocycles. The molecule has 0 aliphatic heterocycles. The topological polar surface area (TPSA) is 74.1 Å². The van der Waals surface area contributed by atoms with E-state index < -0.39 is 11.7 Å². The van der Waals surface area contributed by atoms with Crippen LogP contribution in [-0.2, 0) is 4.74 Å². The normalized spacial score (nSPS) is 19.2. The highest BCUT2D eigenvalue weighted by atomic mass is 16.6. The lowest BCUT2D eigenvalue weighted by atomic mass is 9.88. The maximum atomic E-state index is 11.9. The monoisotopic (exact) mass is 337 g/mol. The molecule has 24 heavy (non-hydrogen) atoms. The van der Waals surface area contributed by atoms with E-state index in [1.807, 2.05) is 20.8 Å². The van der Waals surface area contributed by atoms with Crippen LogP contribution in [-0.4, -0.2) is 30.3 Å². The number of nitrogens with one attached hydrogen (secondary N) is 2. The number of nitriles is 1. The van der Waals surface area contributed by atoms with Gasteiger partial charge in [-0.1, -0.05) is 39.5 Å². The van der Waals surface area contributed by atoms with Gasteiger partial charge in [0, 0.05) is 18.5 Å². The summed E-state index contributed by atoms with van der Waals surface area (Å²) >= 11 is 0. The van der Waals surface area contributed by atoms with Crippen LogP contribution in [0.2, 0.25) is 0 Å². The summed E-state index contributed by atoms with van der Waals surface area (Å²) in [4.78, 5) is 11.9. The largest absolute Gasteiger partial charge is 0.444 e. The Hall–Kier alpha value is -1.28. The van der Waals surface area contributed by atoms with Crippen LogP contribution >= 0.6 is 0 Å². The second kappa shape index (κ2) is 9.88. The number of amides is 1. The molecule has 0 aromatic carbocycles. The number of ether oxygens (including phenoxy) is 1. The van der Waals surface area contributed by atoms with E-state index in [1.54, 1.807) is 0 Å². The molecule has 2 atom stereocenters. The highest BCUT2D eigenvalue weighted by Gasteiger charge is 2.28. The van der Waals surface area contributed by atoms with Crippen molar-refractivity contribution in [1.82, 2.24) is 10.6 Å². The molecule has 5 heteroatoms. The lowest BCUT2D eigenvalue weighted by Gasteiger charge is -2.30. The molecule has 0 aromatic rings. The van der Waals surface area contributed by atoms with Crippen LogP contribution in [0.5, 0.6) is 0 Å². The molecule has 1 saturated carbocycles. The number of rotatable bonds is 6. The third kappa shape index (κ3) is 8.01. The summed E-state index contributed by atoms with van der Waals surface area (Å²) in [5.74, 6) is 0.355. The molecular weight excluding hydrogens is 302 g/mol. The van der Waals surface area contributed by atoms with Gasteiger partial charge in [-0.2, -0.15) is 5.26 Å². The Balaban J connectivity index is 2.59. The first-order valence-corrected chi connectivity index (χ1v) is 9.35. The molecule has 0 bridgehead atoms. The fourth-order valence-corrected chi connectivity index (χ4v) is 3.21. The zero-order valence-corrected chi connectivity index (χ0v) is 16.0. The maximum Gasteiger partial charge on any atom is 0.407 e. The highest BCUT2D eigenvalue weighted by molar-refractivity contribution is 5.67. The van der Waals surface area contributed by atoms with E-state index in [1.165, 1.54) is 25.7 Å². The Kier molecular flexibility index (Phi) is 8.55. The van der Waals surface area contributed by atoms with Crippen molar-refractivity contribution in [2.45, 2.75) is 90.8 Å². The molecule has 1 amide bonds. The van der Waals surface area contributed by atoms with Crippen LogP contribution in [0.1, 0.15) is 73.1 Å². The molecule has 0 aromatic heterocycles. The number of carbonyl (C=O) groups excluding carboxylic acids is 1. The average molecular weight is 338 g/mol. The minimum atomic E-state index is -0.509. The SMILES string of the molecule is CC(C)C(CNC(=O)OC(C)(C)C)C(C#N)NC1CCCCCC1. The van der Waals surface area contributed by atoms with Gasteiger partial charge in [-0.15, -0.1) is 0 Å². The quantitative estimate of drug-likeness (QED) is 0.719. The Morgan fingerprint density at radius 3 is 2.25 bits per heavy atom. The van der Waals surface area contributed by atoms with Crippen LogP contribution in [0.25, 0.3) is 0 Å². The van der Waals surface area contributed by atoms with Crippen LogP contribution in [0.4, 0.5) is 4.79 Å². The Morgan fingerprint density at radius 1 is 1.21 bits per heavy atom. The zero-order valence-electron chi connectivity index (χ0n) is 16.0. The van der Waals surface area contributed by atoms with Crippen LogP contribution in [0.3, 0.4) is 0 Å². The molecular formula is C19H35N3O2. The predicted molar refractivity (Wildman–Crippen MR) is 96.6 cm³/mol. The van der Waals surface area contributed by atoms with Gasteiger partial charge < -0.3 is 10.1 Å². The second-order valence-electron chi connectivity index (χ2n) is 8.25. The van der Waals surface area contributed by atoms with E-state index in [2.05, 4.69) is 30.6 Å². The standard InChI is InChI=1S/C19H35N3O2/c1-14(2)16(13-21-18(23)24-19(3,4)5)17(12-20)22-15-10-8-6-7-9-11-15/h14-17,22H,6-11,13H2,1-5H3,(H,21,23). The van der Waals surface area contributed by atoms with Crippen molar-refractivity contribution in [3.63, 3.8) is 0 Å². The molecule has 0 saturated heterocycles. The summed E-state index contributed by atoms with van der Waals surface area (Å²) in [6.07, 6.45) is 6.92. The van der Waals surface area contributed by atoms with Gasteiger partial charge in [0.2, 0.25) is 0 Å². The molecule has 2 unspecified atom stereocenters. The summed E-state index contributed by atoms with van der Waals surface area (Å²) in [7, 11) is 0. The predicted octanol–water partition coefficient (Wildman–Crippen LogP) is 3.99. The maximum absolute atomic E-state index is 11.9. The molecule has 1 aliphatic rings. The fraction of sp³-hybridized carbons (Fsp3) is 0.895. The highest BCUT2D eigenvalue weighted by Crippen LogP contribution is 2.21. The van der Waals surface area contributed by atoms with Crippen molar-refractivity contribution < 1.29 is 9.53 Å². The van der Waals surface area contributed by atoms with Crippen LogP contribution < -0.4 is 10.6 Å². The lowest BCUT2D eigenvalue weighted by Crippen LogP contribution is -2.48. The number of alkyl carbamates (subject to hydrolysis) is 1. The number of hydrogen-bond acceptors (Lipinski definition) is 4. The molecule has 5 nitrogen and oxygen atoms in total. The first-order chi connectivity index (χ1) is 11.2. The zero-order chi connectivity index (χ0) is 18.2. The van der Waals surface area contributed by atoms with E-state index in [-0.39, 0.29) is 12.0 Å². The van der Waals surface area contributed by atoms with E-state index in [0.717, 1.165) is 12.8 Å². The van der Waals surface area contributed by atoms with Gasteiger partial charge in [-0.25, -0.2) is 4.79 Å². The Morgan fingerprint density at radius 2 is 1.79 bits per heavy atom. The van der Waals surface area contributed by atoms with Gasteiger partial charge in [-0.05, 0) is 39.5 Å². The van der Waals surface area contributed by atoms with E-state index in [9.17, 15) is 10.1 Å².